The van der Waals surface area contributed by atoms with Crippen molar-refractivity contribution in [2.24, 2.45) is 5.41 Å². The van der Waals surface area contributed by atoms with Gasteiger partial charge in [-0.25, -0.2) is 4.98 Å². The van der Waals surface area contributed by atoms with Gasteiger partial charge >= 0.3 is 5.97 Å². The van der Waals surface area contributed by atoms with Gasteiger partial charge in [0.15, 0.2) is 0 Å². The molecule has 17 heavy (non-hydrogen) atoms. The molecule has 1 fully saturated rings. The number of piperidine rings is 1. The van der Waals surface area contributed by atoms with Crippen LogP contribution < -0.4 is 4.90 Å². The lowest BCUT2D eigenvalue weighted by Gasteiger charge is -2.37. The second kappa shape index (κ2) is 4.49. The minimum atomic E-state index is -0.766. The lowest BCUT2D eigenvalue weighted by molar-refractivity contribution is -0.148. The zero-order chi connectivity index (χ0) is 12.5. The molecule has 0 saturated carbocycles. The first-order valence-corrected chi connectivity index (χ1v) is 5.85. The molecule has 6 heteroatoms. The standard InChI is InChI=1S/C11H14ClN3O2/c1-11(10(16)17)3-2-4-15(7-11)9-6-13-5-8(12)14-9/h5-6H,2-4,7H2,1H3,(H,16,17). The number of hydrogen-bond acceptors (Lipinski definition) is 4. The van der Waals surface area contributed by atoms with Crippen LogP contribution in [0.4, 0.5) is 5.82 Å². The van der Waals surface area contributed by atoms with Gasteiger partial charge in [-0.1, -0.05) is 11.6 Å². The van der Waals surface area contributed by atoms with E-state index in [0.717, 1.165) is 13.0 Å². The minimum absolute atomic E-state index is 0.324. The van der Waals surface area contributed by atoms with Gasteiger partial charge < -0.3 is 10.0 Å². The molecule has 92 valence electrons. The highest BCUT2D eigenvalue weighted by atomic mass is 35.5. The van der Waals surface area contributed by atoms with Gasteiger partial charge in [0.2, 0.25) is 0 Å². The quantitative estimate of drug-likeness (QED) is 0.873. The second-order valence-electron chi connectivity index (χ2n) is 4.59. The lowest BCUT2D eigenvalue weighted by Crippen LogP contribution is -2.46. The first kappa shape index (κ1) is 12.1. The number of carboxylic acid groups (broad SMARTS) is 1. The van der Waals surface area contributed by atoms with Crippen LogP contribution in [-0.2, 0) is 4.79 Å². The molecule has 1 N–H and O–H groups in total. The van der Waals surface area contributed by atoms with E-state index in [-0.39, 0.29) is 0 Å². The van der Waals surface area contributed by atoms with Crippen molar-refractivity contribution >= 4 is 23.4 Å². The second-order valence-corrected chi connectivity index (χ2v) is 4.98. The number of hydrogen-bond donors (Lipinski definition) is 1. The smallest absolute Gasteiger partial charge is 0.311 e. The van der Waals surface area contributed by atoms with Crippen molar-refractivity contribution in [3.8, 4) is 0 Å². The van der Waals surface area contributed by atoms with Crippen molar-refractivity contribution < 1.29 is 9.90 Å². The Balaban J connectivity index is 2.20. The number of anilines is 1. The Kier molecular flexibility index (Phi) is 3.19. The van der Waals surface area contributed by atoms with Crippen molar-refractivity contribution in [2.45, 2.75) is 19.8 Å². The number of carbonyl (C=O) groups is 1. The van der Waals surface area contributed by atoms with Crippen LogP contribution in [0.25, 0.3) is 0 Å². The fourth-order valence-corrected chi connectivity index (χ4v) is 2.24. The largest absolute Gasteiger partial charge is 0.481 e. The number of aromatic nitrogens is 2. The molecule has 1 aromatic heterocycles. The molecule has 1 aromatic rings. The summed E-state index contributed by atoms with van der Waals surface area (Å²) in [5, 5.41) is 9.55. The Labute approximate surface area is 104 Å². The molecule has 0 bridgehead atoms. The predicted octanol–water partition coefficient (Wildman–Crippen LogP) is 1.82. The van der Waals surface area contributed by atoms with Gasteiger partial charge in [0.1, 0.15) is 11.0 Å². The van der Waals surface area contributed by atoms with E-state index in [1.165, 1.54) is 6.20 Å². The van der Waals surface area contributed by atoms with Crippen LogP contribution >= 0.6 is 11.6 Å². The van der Waals surface area contributed by atoms with Crippen LogP contribution in [0, 0.1) is 5.41 Å². The lowest BCUT2D eigenvalue weighted by atomic mass is 9.82. The van der Waals surface area contributed by atoms with E-state index in [9.17, 15) is 9.90 Å². The molecule has 1 unspecified atom stereocenters. The molecule has 0 aromatic carbocycles. The van der Waals surface area contributed by atoms with Crippen molar-refractivity contribution in [3.63, 3.8) is 0 Å². The average Bonchev–Trinajstić information content (AvgIpc) is 2.29. The third-order valence-electron chi connectivity index (χ3n) is 3.13. The molecule has 0 spiro atoms. The molecule has 2 rings (SSSR count). The summed E-state index contributed by atoms with van der Waals surface area (Å²) in [6, 6.07) is 0. The molecule has 0 aliphatic carbocycles. The Bertz CT molecular complexity index is 440. The van der Waals surface area contributed by atoms with Gasteiger partial charge in [-0.05, 0) is 19.8 Å². The maximum absolute atomic E-state index is 11.2. The molecule has 1 atom stereocenters. The van der Waals surface area contributed by atoms with E-state index in [1.807, 2.05) is 4.90 Å². The number of aliphatic carboxylic acids is 1. The van der Waals surface area contributed by atoms with Crippen LogP contribution in [0.2, 0.25) is 5.15 Å². The van der Waals surface area contributed by atoms with Gasteiger partial charge in [0, 0.05) is 13.1 Å². The normalized spacial score (nSPS) is 24.7. The summed E-state index contributed by atoms with van der Waals surface area (Å²) < 4.78 is 0. The van der Waals surface area contributed by atoms with Crippen LogP contribution in [0.3, 0.4) is 0 Å². The van der Waals surface area contributed by atoms with Crippen molar-refractivity contribution in [3.05, 3.63) is 17.5 Å². The first-order chi connectivity index (χ1) is 8.01. The molecule has 1 aliphatic heterocycles. The van der Waals surface area contributed by atoms with E-state index in [4.69, 9.17) is 11.6 Å². The van der Waals surface area contributed by atoms with Crippen LogP contribution in [0.5, 0.6) is 0 Å². The zero-order valence-electron chi connectivity index (χ0n) is 9.56. The first-order valence-electron chi connectivity index (χ1n) is 5.47. The molecular weight excluding hydrogens is 242 g/mol. The third kappa shape index (κ3) is 2.49. The molecule has 1 aliphatic rings. The van der Waals surface area contributed by atoms with Crippen LogP contribution in [0.15, 0.2) is 12.4 Å². The Morgan fingerprint density at radius 3 is 3.00 bits per heavy atom. The highest BCUT2D eigenvalue weighted by molar-refractivity contribution is 6.29. The summed E-state index contributed by atoms with van der Waals surface area (Å²) in [4.78, 5) is 21.3. The van der Waals surface area contributed by atoms with Gasteiger partial charge in [-0.3, -0.25) is 9.78 Å². The maximum atomic E-state index is 11.2. The van der Waals surface area contributed by atoms with Crippen LogP contribution in [0.1, 0.15) is 19.8 Å². The van der Waals surface area contributed by atoms with Crippen molar-refractivity contribution in [1.82, 2.24) is 9.97 Å². The third-order valence-corrected chi connectivity index (χ3v) is 3.31. The van der Waals surface area contributed by atoms with Gasteiger partial charge in [0.25, 0.3) is 0 Å². The molecule has 5 nitrogen and oxygen atoms in total. The van der Waals surface area contributed by atoms with E-state index in [0.29, 0.717) is 23.9 Å². The van der Waals surface area contributed by atoms with Gasteiger partial charge in [0.05, 0.1) is 17.8 Å². The highest BCUT2D eigenvalue weighted by Gasteiger charge is 2.38. The number of carboxylic acids is 1. The molecule has 0 amide bonds. The van der Waals surface area contributed by atoms with Crippen molar-refractivity contribution in [1.29, 1.82) is 0 Å². The fourth-order valence-electron chi connectivity index (χ4n) is 2.09. The maximum Gasteiger partial charge on any atom is 0.311 e. The Morgan fingerprint density at radius 1 is 1.59 bits per heavy atom. The molecular formula is C11H14ClN3O2. The topological polar surface area (TPSA) is 66.3 Å². The predicted molar refractivity (Wildman–Crippen MR) is 64.2 cm³/mol. The summed E-state index contributed by atoms with van der Waals surface area (Å²) in [6.45, 7) is 2.99. The monoisotopic (exact) mass is 255 g/mol. The highest BCUT2D eigenvalue weighted by Crippen LogP contribution is 2.31. The number of rotatable bonds is 2. The SMILES string of the molecule is CC1(C(=O)O)CCCN(c2cncc(Cl)n2)C1. The van der Waals surface area contributed by atoms with Gasteiger partial charge in [-0.15, -0.1) is 0 Å². The van der Waals surface area contributed by atoms with Crippen LogP contribution in [-0.4, -0.2) is 34.1 Å². The fraction of sp³-hybridized carbons (Fsp3) is 0.545. The Hall–Kier alpha value is -1.36. The van der Waals surface area contributed by atoms with E-state index in [1.54, 1.807) is 13.1 Å². The molecule has 1 saturated heterocycles. The number of nitrogens with zero attached hydrogens (tertiary/aromatic N) is 3. The van der Waals surface area contributed by atoms with E-state index >= 15 is 0 Å². The molecule has 0 radical (unpaired) electrons. The number of halogens is 1. The summed E-state index contributed by atoms with van der Waals surface area (Å²) in [5.74, 6) is -0.123. The van der Waals surface area contributed by atoms with Gasteiger partial charge in [-0.2, -0.15) is 0 Å². The van der Waals surface area contributed by atoms with E-state index < -0.39 is 11.4 Å². The minimum Gasteiger partial charge on any atom is -0.481 e. The molecule has 2 heterocycles. The average molecular weight is 256 g/mol. The van der Waals surface area contributed by atoms with Crippen molar-refractivity contribution in [2.75, 3.05) is 18.0 Å². The summed E-state index contributed by atoms with van der Waals surface area (Å²) >= 11 is 5.78. The Morgan fingerprint density at radius 2 is 2.35 bits per heavy atom. The zero-order valence-corrected chi connectivity index (χ0v) is 10.3. The van der Waals surface area contributed by atoms with E-state index in [2.05, 4.69) is 9.97 Å². The summed E-state index contributed by atoms with van der Waals surface area (Å²) in [6.07, 6.45) is 4.59. The summed E-state index contributed by atoms with van der Waals surface area (Å²) in [5.41, 5.74) is -0.720. The summed E-state index contributed by atoms with van der Waals surface area (Å²) in [7, 11) is 0.